The number of hydrogen-bond acceptors (Lipinski definition) is 5. The lowest BCUT2D eigenvalue weighted by molar-refractivity contribution is 0.102. The molecule has 1 aliphatic heterocycles. The Morgan fingerprint density at radius 1 is 1.16 bits per heavy atom. The molecule has 0 radical (unpaired) electrons. The van der Waals surface area contributed by atoms with Crippen LogP contribution in [0.5, 0.6) is 0 Å². The van der Waals surface area contributed by atoms with Gasteiger partial charge in [0.25, 0.3) is 5.91 Å². The Bertz CT molecular complexity index is 1270. The topological polar surface area (TPSA) is 79.4 Å². The normalized spacial score (nSPS) is 18.2. The molecule has 1 amide bonds. The van der Waals surface area contributed by atoms with Gasteiger partial charge in [-0.25, -0.2) is 13.4 Å². The minimum atomic E-state index is -3.56. The van der Waals surface area contributed by atoms with Crippen LogP contribution in [0.15, 0.2) is 53.4 Å². The van der Waals surface area contributed by atoms with E-state index in [1.54, 1.807) is 16.4 Å². The predicted octanol–water partition coefficient (Wildman–Crippen LogP) is 4.92. The average molecular weight is 468 g/mol. The number of aromatic nitrogens is 1. The minimum absolute atomic E-state index is 0.0497. The maximum Gasteiger partial charge on any atom is 0.257 e. The number of anilines is 1. The van der Waals surface area contributed by atoms with Gasteiger partial charge in [0.1, 0.15) is 0 Å². The van der Waals surface area contributed by atoms with Gasteiger partial charge in [-0.3, -0.25) is 10.1 Å². The van der Waals surface area contributed by atoms with E-state index in [0.29, 0.717) is 17.2 Å². The molecule has 0 saturated carbocycles. The van der Waals surface area contributed by atoms with Crippen LogP contribution >= 0.6 is 11.3 Å². The number of carbonyl (C=O) groups is 1. The summed E-state index contributed by atoms with van der Waals surface area (Å²) in [6.45, 7) is 2.58. The van der Waals surface area contributed by atoms with Crippen molar-refractivity contribution in [2.24, 2.45) is 0 Å². The zero-order chi connectivity index (χ0) is 22.3. The van der Waals surface area contributed by atoms with Gasteiger partial charge in [-0.15, -0.1) is 11.3 Å². The minimum Gasteiger partial charge on any atom is -0.298 e. The second-order valence-electron chi connectivity index (χ2n) is 8.28. The zero-order valence-corrected chi connectivity index (χ0v) is 19.5. The number of benzene rings is 2. The Kier molecular flexibility index (Phi) is 5.61. The van der Waals surface area contributed by atoms with E-state index >= 15 is 0 Å². The van der Waals surface area contributed by atoms with E-state index in [4.69, 9.17) is 0 Å². The van der Waals surface area contributed by atoms with Gasteiger partial charge in [0, 0.05) is 35.0 Å². The third kappa shape index (κ3) is 3.76. The van der Waals surface area contributed by atoms with Crippen molar-refractivity contribution in [1.82, 2.24) is 9.29 Å². The maximum absolute atomic E-state index is 13.1. The summed E-state index contributed by atoms with van der Waals surface area (Å²) in [4.78, 5) is 18.7. The number of thiazole rings is 1. The van der Waals surface area contributed by atoms with Crippen LogP contribution < -0.4 is 5.32 Å². The fraction of sp³-hybridized carbons (Fsp3) is 0.333. The molecule has 3 aromatic rings. The number of piperidine rings is 1. The fourth-order valence-electron chi connectivity index (χ4n) is 4.60. The molecule has 1 N–H and O–H groups in total. The largest absolute Gasteiger partial charge is 0.298 e. The Morgan fingerprint density at radius 2 is 1.94 bits per heavy atom. The first-order valence-corrected chi connectivity index (χ1v) is 13.2. The number of hydrogen-bond donors (Lipinski definition) is 1. The zero-order valence-electron chi connectivity index (χ0n) is 17.9. The lowest BCUT2D eigenvalue weighted by Gasteiger charge is -2.34. The van der Waals surface area contributed by atoms with Crippen molar-refractivity contribution in [3.8, 4) is 11.3 Å². The molecular formula is C24H25N3O3S2. The van der Waals surface area contributed by atoms with Crippen LogP contribution in [0.3, 0.4) is 0 Å². The maximum atomic E-state index is 13.1. The molecule has 8 heteroatoms. The fourth-order valence-corrected chi connectivity index (χ4v) is 7.36. The summed E-state index contributed by atoms with van der Waals surface area (Å²) in [5.74, 6) is -0.293. The van der Waals surface area contributed by atoms with E-state index in [2.05, 4.69) is 22.4 Å². The lowest BCUT2D eigenvalue weighted by atomic mass is 10.0. The predicted molar refractivity (Wildman–Crippen MR) is 127 cm³/mol. The molecule has 6 nitrogen and oxygen atoms in total. The molecule has 1 aliphatic carbocycles. The van der Waals surface area contributed by atoms with E-state index in [0.717, 1.165) is 48.2 Å². The smallest absolute Gasteiger partial charge is 0.257 e. The van der Waals surface area contributed by atoms with Crippen molar-refractivity contribution < 1.29 is 13.2 Å². The first kappa shape index (κ1) is 21.3. The molecule has 5 rings (SSSR count). The molecule has 2 heterocycles. The van der Waals surface area contributed by atoms with Crippen LogP contribution in [0, 0.1) is 0 Å². The van der Waals surface area contributed by atoms with Gasteiger partial charge >= 0.3 is 0 Å². The monoisotopic (exact) mass is 467 g/mol. The van der Waals surface area contributed by atoms with Crippen molar-refractivity contribution in [2.45, 2.75) is 50.0 Å². The Morgan fingerprint density at radius 3 is 2.72 bits per heavy atom. The third-order valence-electron chi connectivity index (χ3n) is 6.31. The Balaban J connectivity index is 1.31. The summed E-state index contributed by atoms with van der Waals surface area (Å²) in [7, 11) is -3.56. The number of nitrogens with one attached hydrogen (secondary N) is 1. The van der Waals surface area contributed by atoms with E-state index < -0.39 is 10.0 Å². The first-order valence-electron chi connectivity index (χ1n) is 11.0. The average Bonchev–Trinajstić information content (AvgIpc) is 3.36. The summed E-state index contributed by atoms with van der Waals surface area (Å²) < 4.78 is 27.9. The summed E-state index contributed by atoms with van der Waals surface area (Å²) in [5, 5.41) is 3.43. The highest BCUT2D eigenvalue weighted by Gasteiger charge is 2.32. The van der Waals surface area contributed by atoms with Gasteiger partial charge in [0.05, 0.1) is 10.6 Å². The highest BCUT2D eigenvalue weighted by atomic mass is 32.2. The van der Waals surface area contributed by atoms with Crippen molar-refractivity contribution in [1.29, 1.82) is 0 Å². The van der Waals surface area contributed by atoms with Crippen LogP contribution in [0.4, 0.5) is 5.13 Å². The van der Waals surface area contributed by atoms with E-state index in [9.17, 15) is 13.2 Å². The summed E-state index contributed by atoms with van der Waals surface area (Å²) in [5.41, 5.74) is 3.73. The number of rotatable bonds is 5. The lowest BCUT2D eigenvalue weighted by Crippen LogP contribution is -2.43. The molecule has 1 fully saturated rings. The molecule has 1 atom stereocenters. The van der Waals surface area contributed by atoms with Gasteiger partial charge in [-0.05, 0) is 49.1 Å². The molecule has 2 aliphatic rings. The van der Waals surface area contributed by atoms with Gasteiger partial charge in [0.15, 0.2) is 5.13 Å². The van der Waals surface area contributed by atoms with Gasteiger partial charge in [-0.2, -0.15) is 4.31 Å². The van der Waals surface area contributed by atoms with Gasteiger partial charge in [-0.1, -0.05) is 37.6 Å². The highest BCUT2D eigenvalue weighted by Crippen LogP contribution is 2.40. The van der Waals surface area contributed by atoms with Crippen LogP contribution in [0.1, 0.15) is 53.4 Å². The van der Waals surface area contributed by atoms with Crippen LogP contribution in [-0.4, -0.2) is 36.2 Å². The summed E-state index contributed by atoms with van der Waals surface area (Å²) >= 11 is 1.48. The Labute approximate surface area is 192 Å². The molecule has 1 aromatic heterocycles. The van der Waals surface area contributed by atoms with E-state index in [-0.39, 0.29) is 16.8 Å². The van der Waals surface area contributed by atoms with Crippen LogP contribution in [0.25, 0.3) is 11.3 Å². The molecular weight excluding hydrogens is 442 g/mol. The number of carbonyl (C=O) groups excluding carboxylic acids is 1. The molecule has 32 heavy (non-hydrogen) atoms. The molecule has 166 valence electrons. The number of nitrogens with zero attached hydrogens (tertiary/aromatic N) is 2. The van der Waals surface area contributed by atoms with E-state index in [1.807, 2.05) is 19.1 Å². The molecule has 0 bridgehead atoms. The highest BCUT2D eigenvalue weighted by molar-refractivity contribution is 7.89. The van der Waals surface area contributed by atoms with Crippen molar-refractivity contribution in [3.63, 3.8) is 0 Å². The number of fused-ring (bicyclic) bond motifs is 3. The van der Waals surface area contributed by atoms with Crippen molar-refractivity contribution in [2.75, 3.05) is 11.9 Å². The summed E-state index contributed by atoms with van der Waals surface area (Å²) in [6.07, 6.45) is 4.50. The second kappa shape index (κ2) is 8.42. The number of amides is 1. The first-order chi connectivity index (χ1) is 15.5. The van der Waals surface area contributed by atoms with Gasteiger partial charge in [0.2, 0.25) is 10.0 Å². The molecule has 0 spiro atoms. The molecule has 2 aromatic carbocycles. The quantitative estimate of drug-likeness (QED) is 0.452. The third-order valence-corrected chi connectivity index (χ3v) is 9.25. The van der Waals surface area contributed by atoms with Crippen molar-refractivity contribution >= 4 is 32.4 Å². The standard InChI is InChI=1S/C24H25N3O3S2/c1-2-18-8-5-6-14-27(18)32(29,30)19-12-10-16(11-13-19)23(28)26-24-25-22-20-9-4-3-7-17(20)15-21(22)31-24/h3-4,7,9-13,18H,2,5-6,8,14-15H2,1H3,(H,25,26,28)/t18-/m0/s1. The van der Waals surface area contributed by atoms with E-state index in [1.165, 1.54) is 29.0 Å². The Hall–Kier alpha value is -2.55. The van der Waals surface area contributed by atoms with Crippen LogP contribution in [-0.2, 0) is 16.4 Å². The summed E-state index contributed by atoms with van der Waals surface area (Å²) in [6, 6.07) is 14.4. The second-order valence-corrected chi connectivity index (χ2v) is 11.3. The van der Waals surface area contributed by atoms with Crippen LogP contribution in [0.2, 0.25) is 0 Å². The van der Waals surface area contributed by atoms with Crippen molar-refractivity contribution in [3.05, 3.63) is 64.5 Å². The molecule has 0 unspecified atom stereocenters. The van der Waals surface area contributed by atoms with Gasteiger partial charge < -0.3 is 0 Å². The molecule has 1 saturated heterocycles. The number of sulfonamides is 1. The SMILES string of the molecule is CC[C@H]1CCCCN1S(=O)(=O)c1ccc(C(=O)Nc2nc3c(s2)Cc2ccccc2-3)cc1.